The average Bonchev–Trinajstić information content (AvgIpc) is 2.45. The van der Waals surface area contributed by atoms with E-state index in [-0.39, 0.29) is 30.0 Å². The van der Waals surface area contributed by atoms with E-state index >= 15 is 0 Å². The molecule has 1 aromatic carbocycles. The number of urea groups is 1. The molecule has 0 fully saturated rings. The lowest BCUT2D eigenvalue weighted by Crippen LogP contribution is -2.47. The lowest BCUT2D eigenvalue weighted by molar-refractivity contribution is 0.199. The zero-order valence-corrected chi connectivity index (χ0v) is 12.8. The molecule has 4 nitrogen and oxygen atoms in total. The second-order valence-electron chi connectivity index (χ2n) is 6.03. The number of carbonyl (C=O) groups is 1. The average molecular weight is 278 g/mol. The number of carbonyl (C=O) groups excluding carboxylic acids is 1. The molecule has 0 aromatic heterocycles. The van der Waals surface area contributed by atoms with Crippen molar-refractivity contribution in [1.29, 1.82) is 0 Å². The zero-order chi connectivity index (χ0) is 15.2. The van der Waals surface area contributed by atoms with E-state index in [4.69, 9.17) is 5.11 Å². The fraction of sp³-hybridized carbons (Fsp3) is 0.562. The SMILES string of the molecule is CC(CO)C(C)NC(=O)NCC(C)(C)c1ccccc1. The first kappa shape index (κ1) is 16.5. The molecule has 0 aliphatic carbocycles. The summed E-state index contributed by atoms with van der Waals surface area (Å²) in [4.78, 5) is 11.8. The molecule has 2 unspecified atom stereocenters. The van der Waals surface area contributed by atoms with Crippen LogP contribution in [0.2, 0.25) is 0 Å². The van der Waals surface area contributed by atoms with E-state index in [0.717, 1.165) is 0 Å². The van der Waals surface area contributed by atoms with Gasteiger partial charge in [0.1, 0.15) is 0 Å². The molecule has 2 atom stereocenters. The van der Waals surface area contributed by atoms with Crippen LogP contribution in [0.1, 0.15) is 33.3 Å². The second kappa shape index (κ2) is 7.29. The van der Waals surface area contributed by atoms with Gasteiger partial charge in [0.05, 0.1) is 0 Å². The molecule has 2 amide bonds. The molecule has 20 heavy (non-hydrogen) atoms. The summed E-state index contributed by atoms with van der Waals surface area (Å²) in [6, 6.07) is 9.87. The molecule has 0 saturated heterocycles. The Morgan fingerprint density at radius 3 is 2.40 bits per heavy atom. The predicted octanol–water partition coefficient (Wildman–Crippen LogP) is 2.28. The van der Waals surface area contributed by atoms with E-state index in [0.29, 0.717) is 6.54 Å². The van der Waals surface area contributed by atoms with Gasteiger partial charge in [-0.3, -0.25) is 0 Å². The smallest absolute Gasteiger partial charge is 0.315 e. The van der Waals surface area contributed by atoms with Crippen LogP contribution in [0.5, 0.6) is 0 Å². The Hall–Kier alpha value is -1.55. The Morgan fingerprint density at radius 1 is 1.25 bits per heavy atom. The molecule has 0 aliphatic heterocycles. The number of hydrogen-bond acceptors (Lipinski definition) is 2. The quantitative estimate of drug-likeness (QED) is 0.747. The van der Waals surface area contributed by atoms with Crippen LogP contribution in [0.25, 0.3) is 0 Å². The maximum absolute atomic E-state index is 11.8. The van der Waals surface area contributed by atoms with Crippen molar-refractivity contribution < 1.29 is 9.90 Å². The van der Waals surface area contributed by atoms with Gasteiger partial charge in [-0.15, -0.1) is 0 Å². The zero-order valence-electron chi connectivity index (χ0n) is 12.8. The Balaban J connectivity index is 2.48. The number of aliphatic hydroxyl groups is 1. The van der Waals surface area contributed by atoms with Crippen LogP contribution in [0.15, 0.2) is 30.3 Å². The summed E-state index contributed by atoms with van der Waals surface area (Å²) in [5, 5.41) is 14.8. The number of aliphatic hydroxyl groups excluding tert-OH is 1. The fourth-order valence-corrected chi connectivity index (χ4v) is 1.85. The van der Waals surface area contributed by atoms with Gasteiger partial charge in [-0.05, 0) is 18.4 Å². The number of hydrogen-bond donors (Lipinski definition) is 3. The Kier molecular flexibility index (Phi) is 6.02. The van der Waals surface area contributed by atoms with Gasteiger partial charge < -0.3 is 15.7 Å². The van der Waals surface area contributed by atoms with Gasteiger partial charge in [-0.25, -0.2) is 4.79 Å². The first-order chi connectivity index (χ1) is 9.36. The maximum Gasteiger partial charge on any atom is 0.315 e. The molecule has 0 heterocycles. The molecular formula is C16H26N2O2. The van der Waals surface area contributed by atoms with Crippen LogP contribution < -0.4 is 10.6 Å². The summed E-state index contributed by atoms with van der Waals surface area (Å²) < 4.78 is 0. The van der Waals surface area contributed by atoms with E-state index in [2.05, 4.69) is 36.6 Å². The summed E-state index contributed by atoms with van der Waals surface area (Å²) in [5.41, 5.74) is 1.07. The van der Waals surface area contributed by atoms with Crippen molar-refractivity contribution >= 4 is 6.03 Å². The number of amides is 2. The molecule has 0 saturated carbocycles. The van der Waals surface area contributed by atoms with Crippen LogP contribution in [-0.4, -0.2) is 30.3 Å². The third-order valence-corrected chi connectivity index (χ3v) is 3.75. The highest BCUT2D eigenvalue weighted by atomic mass is 16.3. The van der Waals surface area contributed by atoms with Crippen LogP contribution in [0.4, 0.5) is 4.79 Å². The van der Waals surface area contributed by atoms with Crippen LogP contribution in [-0.2, 0) is 5.41 Å². The fourth-order valence-electron chi connectivity index (χ4n) is 1.85. The summed E-state index contributed by atoms with van der Waals surface area (Å²) in [5.74, 6) is 0.0443. The van der Waals surface area contributed by atoms with Crippen molar-refractivity contribution in [3.8, 4) is 0 Å². The van der Waals surface area contributed by atoms with Crippen molar-refractivity contribution in [3.63, 3.8) is 0 Å². The van der Waals surface area contributed by atoms with E-state index in [9.17, 15) is 4.79 Å². The van der Waals surface area contributed by atoms with Gasteiger partial charge in [-0.1, -0.05) is 51.1 Å². The minimum atomic E-state index is -0.193. The second-order valence-corrected chi connectivity index (χ2v) is 6.03. The lowest BCUT2D eigenvalue weighted by Gasteiger charge is -2.27. The van der Waals surface area contributed by atoms with Gasteiger partial charge in [0.15, 0.2) is 0 Å². The van der Waals surface area contributed by atoms with E-state index in [1.807, 2.05) is 32.0 Å². The van der Waals surface area contributed by atoms with Crippen molar-refractivity contribution in [2.45, 2.75) is 39.2 Å². The van der Waals surface area contributed by atoms with E-state index < -0.39 is 0 Å². The molecule has 0 aliphatic rings. The number of benzene rings is 1. The largest absolute Gasteiger partial charge is 0.396 e. The van der Waals surface area contributed by atoms with Crippen LogP contribution in [0.3, 0.4) is 0 Å². The number of rotatable bonds is 6. The highest BCUT2D eigenvalue weighted by Crippen LogP contribution is 2.21. The van der Waals surface area contributed by atoms with Gasteiger partial charge in [0.25, 0.3) is 0 Å². The molecule has 112 valence electrons. The predicted molar refractivity (Wildman–Crippen MR) is 81.7 cm³/mol. The topological polar surface area (TPSA) is 61.4 Å². The highest BCUT2D eigenvalue weighted by Gasteiger charge is 2.21. The van der Waals surface area contributed by atoms with E-state index in [1.165, 1.54) is 5.56 Å². The Labute approximate surface area is 121 Å². The summed E-state index contributed by atoms with van der Waals surface area (Å²) in [6.07, 6.45) is 0. The molecule has 3 N–H and O–H groups in total. The highest BCUT2D eigenvalue weighted by molar-refractivity contribution is 5.74. The van der Waals surface area contributed by atoms with Crippen molar-refractivity contribution in [2.24, 2.45) is 5.92 Å². The maximum atomic E-state index is 11.8. The van der Waals surface area contributed by atoms with Gasteiger partial charge in [0, 0.05) is 24.6 Å². The van der Waals surface area contributed by atoms with Crippen molar-refractivity contribution in [2.75, 3.05) is 13.2 Å². The first-order valence-corrected chi connectivity index (χ1v) is 7.07. The van der Waals surface area contributed by atoms with Crippen molar-refractivity contribution in [1.82, 2.24) is 10.6 Å². The van der Waals surface area contributed by atoms with Crippen LogP contribution >= 0.6 is 0 Å². The van der Waals surface area contributed by atoms with Crippen molar-refractivity contribution in [3.05, 3.63) is 35.9 Å². The molecular weight excluding hydrogens is 252 g/mol. The standard InChI is InChI=1S/C16H26N2O2/c1-12(10-19)13(2)18-15(20)17-11-16(3,4)14-8-6-5-7-9-14/h5-9,12-13,19H,10-11H2,1-4H3,(H2,17,18,20). The molecule has 1 aromatic rings. The number of nitrogens with one attached hydrogen (secondary N) is 2. The monoisotopic (exact) mass is 278 g/mol. The first-order valence-electron chi connectivity index (χ1n) is 7.07. The van der Waals surface area contributed by atoms with E-state index in [1.54, 1.807) is 0 Å². The lowest BCUT2D eigenvalue weighted by atomic mass is 9.85. The molecule has 0 radical (unpaired) electrons. The van der Waals surface area contributed by atoms with Gasteiger partial charge in [0.2, 0.25) is 0 Å². The van der Waals surface area contributed by atoms with Crippen LogP contribution in [0, 0.1) is 5.92 Å². The van der Waals surface area contributed by atoms with Gasteiger partial charge in [-0.2, -0.15) is 0 Å². The Morgan fingerprint density at radius 2 is 1.85 bits per heavy atom. The van der Waals surface area contributed by atoms with Gasteiger partial charge >= 0.3 is 6.03 Å². The third-order valence-electron chi connectivity index (χ3n) is 3.75. The summed E-state index contributed by atoms with van der Waals surface area (Å²) in [7, 11) is 0. The summed E-state index contributed by atoms with van der Waals surface area (Å²) in [6.45, 7) is 8.62. The third kappa shape index (κ3) is 4.85. The summed E-state index contributed by atoms with van der Waals surface area (Å²) >= 11 is 0. The minimum Gasteiger partial charge on any atom is -0.396 e. The normalized spacial score (nSPS) is 14.4. The molecule has 0 bridgehead atoms. The molecule has 1 rings (SSSR count). The Bertz CT molecular complexity index is 418. The minimum absolute atomic E-state index is 0.0443. The molecule has 4 heteroatoms. The molecule has 0 spiro atoms.